The molecule has 4 nitrogen and oxygen atoms in total. The average Bonchev–Trinajstić information content (AvgIpc) is 2.43. The van der Waals surface area contributed by atoms with Gasteiger partial charge < -0.3 is 0 Å². The summed E-state index contributed by atoms with van der Waals surface area (Å²) in [4.78, 5) is 23.8. The van der Waals surface area contributed by atoms with Gasteiger partial charge in [0, 0.05) is 22.3 Å². The summed E-state index contributed by atoms with van der Waals surface area (Å²) in [5, 5.41) is 18.2. The zero-order valence-corrected chi connectivity index (χ0v) is 11.1. The minimum Gasteiger partial charge on any atom is -0.290 e. The number of nitrogens with zero attached hydrogens (tertiary/aromatic N) is 2. The first-order valence-electron chi connectivity index (χ1n) is 6.67. The van der Waals surface area contributed by atoms with Gasteiger partial charge in [-0.1, -0.05) is 0 Å². The van der Waals surface area contributed by atoms with Crippen molar-refractivity contribution in [1.82, 2.24) is 0 Å². The Balaban J connectivity index is 2.29. The summed E-state index contributed by atoms with van der Waals surface area (Å²) < 4.78 is 0. The Hall–Kier alpha value is -2.46. The van der Waals surface area contributed by atoms with Gasteiger partial charge in [0.2, 0.25) is 0 Å². The number of carbonyl (C=O) groups excluding carboxylic acids is 2. The molecule has 0 radical (unpaired) electrons. The fourth-order valence-electron chi connectivity index (χ4n) is 2.49. The summed E-state index contributed by atoms with van der Waals surface area (Å²) in [5.41, 5.74) is 2.04. The van der Waals surface area contributed by atoms with Gasteiger partial charge >= 0.3 is 0 Å². The van der Waals surface area contributed by atoms with E-state index in [0.29, 0.717) is 60.8 Å². The Morgan fingerprint density at radius 1 is 0.750 bits per heavy atom. The topological polar surface area (TPSA) is 81.7 Å². The van der Waals surface area contributed by atoms with E-state index in [1.807, 2.05) is 0 Å². The second kappa shape index (κ2) is 6.12. The van der Waals surface area contributed by atoms with Gasteiger partial charge in [-0.25, -0.2) is 0 Å². The Morgan fingerprint density at radius 3 is 1.50 bits per heavy atom. The number of hydrogen-bond donors (Lipinski definition) is 0. The highest BCUT2D eigenvalue weighted by molar-refractivity contribution is 6.19. The lowest BCUT2D eigenvalue weighted by molar-refractivity contribution is -0.115. The van der Waals surface area contributed by atoms with Crippen molar-refractivity contribution in [3.8, 4) is 12.1 Å². The lowest BCUT2D eigenvalue weighted by atomic mass is 9.88. The van der Waals surface area contributed by atoms with Crippen LogP contribution in [0.3, 0.4) is 0 Å². The highest BCUT2D eigenvalue weighted by Gasteiger charge is 2.21. The van der Waals surface area contributed by atoms with E-state index in [2.05, 4.69) is 12.1 Å². The van der Waals surface area contributed by atoms with E-state index in [1.54, 1.807) is 0 Å². The third-order valence-corrected chi connectivity index (χ3v) is 3.62. The second-order valence-corrected chi connectivity index (χ2v) is 4.96. The highest BCUT2D eigenvalue weighted by Crippen LogP contribution is 2.25. The molecule has 0 unspecified atom stereocenters. The molecule has 0 spiro atoms. The Morgan fingerprint density at radius 2 is 1.15 bits per heavy atom. The highest BCUT2D eigenvalue weighted by atomic mass is 16.1. The first-order valence-corrected chi connectivity index (χ1v) is 6.67. The molecular weight excluding hydrogens is 252 g/mol. The van der Waals surface area contributed by atoms with Crippen molar-refractivity contribution in [3.05, 3.63) is 34.4 Å². The maximum atomic E-state index is 11.9. The van der Waals surface area contributed by atoms with Gasteiger partial charge in [-0.05, 0) is 50.7 Å². The third kappa shape index (κ3) is 2.92. The summed E-state index contributed by atoms with van der Waals surface area (Å²) in [7, 11) is 0. The van der Waals surface area contributed by atoms with E-state index in [4.69, 9.17) is 10.5 Å². The zero-order chi connectivity index (χ0) is 14.5. The number of rotatable bonds is 0. The van der Waals surface area contributed by atoms with E-state index in [-0.39, 0.29) is 11.6 Å². The van der Waals surface area contributed by atoms with Crippen molar-refractivity contribution in [2.24, 2.45) is 0 Å². The summed E-state index contributed by atoms with van der Waals surface area (Å²) in [6, 6.07) is 4.18. The quantitative estimate of drug-likeness (QED) is 0.631. The Kier molecular flexibility index (Phi) is 4.27. The molecule has 0 saturated carbocycles. The number of allylic oxidation sites excluding steroid dienone is 6. The molecule has 0 aromatic rings. The predicted molar refractivity (Wildman–Crippen MR) is 72.1 cm³/mol. The van der Waals surface area contributed by atoms with Gasteiger partial charge in [0.1, 0.15) is 0 Å². The molecule has 0 atom stereocenters. The minimum atomic E-state index is -0.0943. The van der Waals surface area contributed by atoms with Crippen molar-refractivity contribution in [2.45, 2.75) is 38.5 Å². The van der Waals surface area contributed by atoms with Crippen LogP contribution in [-0.4, -0.2) is 11.6 Å². The molecule has 20 heavy (non-hydrogen) atoms. The predicted octanol–water partition coefficient (Wildman–Crippen LogP) is 2.69. The smallest absolute Gasteiger partial charge is 0.182 e. The molecule has 100 valence electrons. The van der Waals surface area contributed by atoms with Gasteiger partial charge in [0.25, 0.3) is 0 Å². The van der Waals surface area contributed by atoms with Crippen LogP contribution in [0.15, 0.2) is 34.4 Å². The molecule has 0 aromatic heterocycles. The van der Waals surface area contributed by atoms with Crippen LogP contribution in [0, 0.1) is 22.7 Å². The second-order valence-electron chi connectivity index (χ2n) is 4.96. The fourth-order valence-corrected chi connectivity index (χ4v) is 2.49. The van der Waals surface area contributed by atoms with E-state index in [9.17, 15) is 9.59 Å². The van der Waals surface area contributed by atoms with Gasteiger partial charge in [-0.3, -0.25) is 9.59 Å². The normalized spacial score (nSPS) is 23.9. The summed E-state index contributed by atoms with van der Waals surface area (Å²) in [6.45, 7) is 0. The summed E-state index contributed by atoms with van der Waals surface area (Å²) in [6.07, 6.45) is 5.96. The number of carbonyl (C=O) groups is 2. The molecule has 4 heteroatoms. The van der Waals surface area contributed by atoms with E-state index < -0.39 is 0 Å². The fraction of sp³-hybridized carbons (Fsp3) is 0.375. The third-order valence-electron chi connectivity index (χ3n) is 3.62. The van der Waals surface area contributed by atoms with Crippen LogP contribution in [0.1, 0.15) is 38.5 Å². The molecule has 0 amide bonds. The largest absolute Gasteiger partial charge is 0.290 e. The van der Waals surface area contributed by atoms with Gasteiger partial charge in [0.15, 0.2) is 11.6 Å². The van der Waals surface area contributed by atoms with Crippen molar-refractivity contribution in [1.29, 1.82) is 10.5 Å². The molecule has 0 heterocycles. The van der Waals surface area contributed by atoms with Crippen LogP contribution in [0.5, 0.6) is 0 Å². The van der Waals surface area contributed by atoms with Crippen LogP contribution < -0.4 is 0 Å². The van der Waals surface area contributed by atoms with Crippen LogP contribution >= 0.6 is 0 Å². The first-order chi connectivity index (χ1) is 9.65. The lowest BCUT2D eigenvalue weighted by Crippen LogP contribution is -2.14. The van der Waals surface area contributed by atoms with Crippen molar-refractivity contribution >= 4 is 11.6 Å². The van der Waals surface area contributed by atoms with Crippen molar-refractivity contribution < 1.29 is 9.59 Å². The van der Waals surface area contributed by atoms with E-state index in [1.165, 1.54) is 12.2 Å². The molecule has 2 bridgehead atoms. The summed E-state index contributed by atoms with van der Waals surface area (Å²) >= 11 is 0. The Bertz CT molecular complexity index is 580. The number of nitriles is 2. The van der Waals surface area contributed by atoms with Crippen LogP contribution in [0.25, 0.3) is 0 Å². The first kappa shape index (κ1) is 14.0. The molecule has 3 aliphatic rings. The summed E-state index contributed by atoms with van der Waals surface area (Å²) in [5.74, 6) is -0.189. The van der Waals surface area contributed by atoms with Crippen LogP contribution in [0.2, 0.25) is 0 Å². The van der Waals surface area contributed by atoms with Crippen LogP contribution in [0.4, 0.5) is 0 Å². The maximum Gasteiger partial charge on any atom is 0.182 e. The standard InChI is InChI=1S/C16H14N2O2/c17-9-13-5-1-3-11-7-16(20)12(8-15(11)19)4-2-6-14(13)10-18/h7-8H,1-6H2/b14-13-. The zero-order valence-electron chi connectivity index (χ0n) is 11.1. The molecule has 0 saturated heterocycles. The monoisotopic (exact) mass is 266 g/mol. The molecular formula is C16H14N2O2. The van der Waals surface area contributed by atoms with Crippen molar-refractivity contribution in [2.75, 3.05) is 0 Å². The van der Waals surface area contributed by atoms with E-state index >= 15 is 0 Å². The maximum absolute atomic E-state index is 11.9. The molecule has 0 fully saturated rings. The number of ketones is 2. The molecule has 0 N–H and O–H groups in total. The average molecular weight is 266 g/mol. The minimum absolute atomic E-state index is 0.0943. The number of hydrogen-bond acceptors (Lipinski definition) is 4. The van der Waals surface area contributed by atoms with Gasteiger partial charge in [-0.15, -0.1) is 0 Å². The molecule has 0 aromatic carbocycles. The SMILES string of the molecule is N#C/C1=C(\C#N)CCCC2=CC(=O)C(=CC2=O)CCC1. The van der Waals surface area contributed by atoms with E-state index in [0.717, 1.165) is 0 Å². The molecule has 0 aliphatic heterocycles. The van der Waals surface area contributed by atoms with Gasteiger partial charge in [-0.2, -0.15) is 10.5 Å². The molecule has 3 rings (SSSR count). The molecule has 3 aliphatic carbocycles. The van der Waals surface area contributed by atoms with Gasteiger partial charge in [0.05, 0.1) is 12.1 Å². The van der Waals surface area contributed by atoms with Crippen molar-refractivity contribution in [3.63, 3.8) is 0 Å². The van der Waals surface area contributed by atoms with Crippen LogP contribution in [-0.2, 0) is 9.59 Å². The lowest BCUT2D eigenvalue weighted by Gasteiger charge is -2.14. The Labute approximate surface area is 117 Å². The number of fused-ring (bicyclic) bond motifs is 8.